The Hall–Kier alpha value is -1.00. The molecule has 0 aliphatic carbocycles. The average molecular weight is 269 g/mol. The minimum atomic E-state index is 0.450. The van der Waals surface area contributed by atoms with Crippen LogP contribution in [0.15, 0.2) is 12.1 Å². The molecule has 4 nitrogen and oxygen atoms in total. The second-order valence-electron chi connectivity index (χ2n) is 4.83. The number of anilines is 2. The van der Waals surface area contributed by atoms with Gasteiger partial charge >= 0.3 is 0 Å². The molecule has 0 unspecified atom stereocenters. The summed E-state index contributed by atoms with van der Waals surface area (Å²) in [6, 6.07) is 3.96. The van der Waals surface area contributed by atoms with E-state index >= 15 is 0 Å². The van der Waals surface area contributed by atoms with Crippen LogP contribution in [-0.2, 0) is 0 Å². The van der Waals surface area contributed by atoms with Crippen molar-refractivity contribution in [3.8, 4) is 0 Å². The van der Waals surface area contributed by atoms with E-state index in [0.717, 1.165) is 31.7 Å². The number of halogens is 1. The van der Waals surface area contributed by atoms with Crippen LogP contribution in [0.3, 0.4) is 0 Å². The van der Waals surface area contributed by atoms with E-state index in [1.165, 1.54) is 13.0 Å². The van der Waals surface area contributed by atoms with E-state index in [1.54, 1.807) is 12.1 Å². The minimum Gasteiger partial charge on any atom is -0.396 e. The molecule has 0 bridgehead atoms. The largest absolute Gasteiger partial charge is 0.396 e. The zero-order valence-electron chi connectivity index (χ0n) is 10.8. The van der Waals surface area contributed by atoms with Crippen molar-refractivity contribution >= 4 is 23.1 Å². The molecule has 1 saturated heterocycles. The van der Waals surface area contributed by atoms with Crippen LogP contribution in [-0.4, -0.2) is 35.6 Å². The van der Waals surface area contributed by atoms with Crippen molar-refractivity contribution in [2.24, 2.45) is 0 Å². The van der Waals surface area contributed by atoms with Crippen LogP contribution < -0.4 is 11.1 Å². The summed E-state index contributed by atoms with van der Waals surface area (Å²) in [6.45, 7) is 5.71. The predicted molar refractivity (Wildman–Crippen MR) is 77.0 cm³/mol. The molecule has 1 fully saturated rings. The van der Waals surface area contributed by atoms with Gasteiger partial charge in [0.05, 0.1) is 5.69 Å². The van der Waals surface area contributed by atoms with Crippen LogP contribution in [0.2, 0.25) is 5.15 Å². The van der Waals surface area contributed by atoms with E-state index in [1.807, 2.05) is 0 Å². The highest BCUT2D eigenvalue weighted by Crippen LogP contribution is 2.22. The van der Waals surface area contributed by atoms with E-state index in [4.69, 9.17) is 17.3 Å². The molecule has 1 aliphatic rings. The van der Waals surface area contributed by atoms with Gasteiger partial charge in [-0.05, 0) is 37.9 Å². The summed E-state index contributed by atoms with van der Waals surface area (Å²) in [6.07, 6.45) is 3.49. The molecular formula is C13H21ClN4. The second-order valence-corrected chi connectivity index (χ2v) is 5.22. The Balaban J connectivity index is 1.89. The number of nitrogens with two attached hydrogens (primary N) is 1. The number of hydrogen-bond acceptors (Lipinski definition) is 4. The molecule has 0 saturated carbocycles. The zero-order chi connectivity index (χ0) is 13.0. The molecular weight excluding hydrogens is 248 g/mol. The molecule has 3 N–H and O–H groups in total. The van der Waals surface area contributed by atoms with Gasteiger partial charge in [0, 0.05) is 19.1 Å². The van der Waals surface area contributed by atoms with E-state index in [9.17, 15) is 0 Å². The number of aromatic nitrogens is 1. The van der Waals surface area contributed by atoms with Gasteiger partial charge in [0.2, 0.25) is 0 Å². The summed E-state index contributed by atoms with van der Waals surface area (Å²) < 4.78 is 0. The molecule has 0 amide bonds. The Labute approximate surface area is 114 Å². The van der Waals surface area contributed by atoms with Gasteiger partial charge in [0.15, 0.2) is 5.82 Å². The fourth-order valence-electron chi connectivity index (χ4n) is 2.37. The first-order chi connectivity index (χ1) is 8.69. The number of piperidine rings is 1. The Morgan fingerprint density at radius 2 is 2.17 bits per heavy atom. The summed E-state index contributed by atoms with van der Waals surface area (Å²) in [7, 11) is 0. The lowest BCUT2D eigenvalue weighted by Crippen LogP contribution is -2.39. The van der Waals surface area contributed by atoms with Crippen molar-refractivity contribution in [3.05, 3.63) is 17.3 Å². The van der Waals surface area contributed by atoms with Crippen molar-refractivity contribution in [2.45, 2.75) is 32.2 Å². The van der Waals surface area contributed by atoms with Gasteiger partial charge in [0.1, 0.15) is 5.15 Å². The van der Waals surface area contributed by atoms with Crippen molar-refractivity contribution in [1.82, 2.24) is 9.88 Å². The van der Waals surface area contributed by atoms with Crippen molar-refractivity contribution in [3.63, 3.8) is 0 Å². The number of likely N-dealkylation sites (tertiary alicyclic amines) is 1. The monoisotopic (exact) mass is 268 g/mol. The van der Waals surface area contributed by atoms with E-state index in [2.05, 4.69) is 22.1 Å². The zero-order valence-corrected chi connectivity index (χ0v) is 11.6. The highest BCUT2D eigenvalue weighted by Gasteiger charge is 2.19. The van der Waals surface area contributed by atoms with Crippen molar-refractivity contribution in [2.75, 3.05) is 30.7 Å². The lowest BCUT2D eigenvalue weighted by atomic mass is 10.0. The first kappa shape index (κ1) is 13.4. The third kappa shape index (κ3) is 3.50. The lowest BCUT2D eigenvalue weighted by Gasteiger charge is -2.32. The number of pyridine rings is 1. The summed E-state index contributed by atoms with van der Waals surface area (Å²) in [5, 5.41) is 3.89. The van der Waals surface area contributed by atoms with Crippen LogP contribution in [0.1, 0.15) is 26.2 Å². The standard InChI is InChI=1S/C13H21ClN4/c1-2-7-18-8-5-10(6-9-18)16-13-11(15)3-4-12(14)17-13/h3-4,10H,2,5-9,15H2,1H3,(H,16,17). The van der Waals surface area contributed by atoms with Gasteiger partial charge < -0.3 is 16.0 Å². The molecule has 2 rings (SSSR count). The Bertz CT molecular complexity index is 389. The van der Waals surface area contributed by atoms with Gasteiger partial charge in [-0.15, -0.1) is 0 Å². The molecule has 0 aromatic carbocycles. The van der Waals surface area contributed by atoms with Gasteiger partial charge in [-0.25, -0.2) is 4.98 Å². The Morgan fingerprint density at radius 1 is 1.44 bits per heavy atom. The fourth-order valence-corrected chi connectivity index (χ4v) is 2.52. The van der Waals surface area contributed by atoms with E-state index in [0.29, 0.717) is 16.9 Å². The topological polar surface area (TPSA) is 54.2 Å². The number of nitrogens with zero attached hydrogens (tertiary/aromatic N) is 2. The fraction of sp³-hybridized carbons (Fsp3) is 0.615. The molecule has 0 spiro atoms. The molecule has 0 atom stereocenters. The number of rotatable bonds is 4. The second kappa shape index (κ2) is 6.25. The van der Waals surface area contributed by atoms with Crippen LogP contribution in [0.5, 0.6) is 0 Å². The smallest absolute Gasteiger partial charge is 0.151 e. The number of nitrogens with one attached hydrogen (secondary N) is 1. The maximum absolute atomic E-state index is 5.89. The average Bonchev–Trinajstić information content (AvgIpc) is 2.37. The Kier molecular flexibility index (Phi) is 4.66. The first-order valence-electron chi connectivity index (χ1n) is 6.60. The van der Waals surface area contributed by atoms with Crippen LogP contribution >= 0.6 is 11.6 Å². The van der Waals surface area contributed by atoms with E-state index < -0.39 is 0 Å². The summed E-state index contributed by atoms with van der Waals surface area (Å²) in [5.74, 6) is 0.719. The van der Waals surface area contributed by atoms with Gasteiger partial charge in [-0.2, -0.15) is 0 Å². The normalized spacial score (nSPS) is 17.9. The van der Waals surface area contributed by atoms with Gasteiger partial charge in [-0.3, -0.25) is 0 Å². The molecule has 1 aliphatic heterocycles. The third-order valence-electron chi connectivity index (χ3n) is 3.36. The summed E-state index contributed by atoms with van der Waals surface area (Å²) >= 11 is 5.88. The van der Waals surface area contributed by atoms with Crippen LogP contribution in [0.4, 0.5) is 11.5 Å². The van der Waals surface area contributed by atoms with Gasteiger partial charge in [-0.1, -0.05) is 18.5 Å². The van der Waals surface area contributed by atoms with Crippen molar-refractivity contribution < 1.29 is 0 Å². The lowest BCUT2D eigenvalue weighted by molar-refractivity contribution is 0.219. The maximum Gasteiger partial charge on any atom is 0.151 e. The Morgan fingerprint density at radius 3 is 2.83 bits per heavy atom. The van der Waals surface area contributed by atoms with Gasteiger partial charge in [0.25, 0.3) is 0 Å². The van der Waals surface area contributed by atoms with E-state index in [-0.39, 0.29) is 0 Å². The molecule has 5 heteroatoms. The molecule has 2 heterocycles. The van der Waals surface area contributed by atoms with Crippen LogP contribution in [0.25, 0.3) is 0 Å². The number of nitrogen functional groups attached to an aromatic ring is 1. The van der Waals surface area contributed by atoms with Crippen molar-refractivity contribution in [1.29, 1.82) is 0 Å². The highest BCUT2D eigenvalue weighted by molar-refractivity contribution is 6.29. The first-order valence-corrected chi connectivity index (χ1v) is 6.97. The molecule has 1 aromatic rings. The maximum atomic E-state index is 5.89. The molecule has 1 aromatic heterocycles. The minimum absolute atomic E-state index is 0.450. The third-order valence-corrected chi connectivity index (χ3v) is 3.57. The SMILES string of the molecule is CCCN1CCC(Nc2nc(Cl)ccc2N)CC1. The number of hydrogen-bond donors (Lipinski definition) is 2. The highest BCUT2D eigenvalue weighted by atomic mass is 35.5. The summed E-state index contributed by atoms with van der Waals surface area (Å²) in [5.41, 5.74) is 6.55. The predicted octanol–water partition coefficient (Wildman–Crippen LogP) is 2.60. The quantitative estimate of drug-likeness (QED) is 0.825. The van der Waals surface area contributed by atoms with Crippen LogP contribution in [0, 0.1) is 0 Å². The molecule has 0 radical (unpaired) electrons. The molecule has 100 valence electrons. The summed E-state index contributed by atoms with van der Waals surface area (Å²) in [4.78, 5) is 6.74. The molecule has 18 heavy (non-hydrogen) atoms.